The van der Waals surface area contributed by atoms with Gasteiger partial charge < -0.3 is 0 Å². The molecule has 9 nitrogen and oxygen atoms in total. The van der Waals surface area contributed by atoms with Gasteiger partial charge >= 0.3 is 0 Å². The van der Waals surface area contributed by atoms with Crippen molar-refractivity contribution in [2.24, 2.45) is 0 Å². The Morgan fingerprint density at radius 3 is 2.41 bits per heavy atom. The van der Waals surface area contributed by atoms with Crippen LogP contribution in [-0.2, 0) is 20.0 Å². The molecule has 0 bridgehead atoms. The van der Waals surface area contributed by atoms with Crippen LogP contribution in [0.5, 0.6) is 0 Å². The zero-order chi connectivity index (χ0) is 19.7. The number of hydrogen-bond donors (Lipinski definition) is 1. The summed E-state index contributed by atoms with van der Waals surface area (Å²) in [5.74, 6) is 0.0914. The molecule has 1 N–H and O–H groups in total. The van der Waals surface area contributed by atoms with E-state index in [9.17, 15) is 26.9 Å². The lowest BCUT2D eigenvalue weighted by Gasteiger charge is -2.28. The van der Waals surface area contributed by atoms with E-state index >= 15 is 0 Å². The number of anilines is 2. The summed E-state index contributed by atoms with van der Waals surface area (Å²) in [7, 11) is -7.37. The molecule has 0 aliphatic carbocycles. The monoisotopic (exact) mass is 411 g/mol. The zero-order valence-electron chi connectivity index (χ0n) is 14.1. The number of hydrogen-bond acceptors (Lipinski definition) is 6. The van der Waals surface area contributed by atoms with Gasteiger partial charge in [-0.15, -0.1) is 0 Å². The van der Waals surface area contributed by atoms with Crippen LogP contribution in [0, 0.1) is 10.1 Å². The molecule has 2 aromatic rings. The first-order valence-corrected chi connectivity index (χ1v) is 11.2. The molecule has 3 rings (SSSR count). The van der Waals surface area contributed by atoms with E-state index in [-0.39, 0.29) is 22.0 Å². The molecular formula is C16H17N3O6S2. The molecule has 2 aromatic carbocycles. The van der Waals surface area contributed by atoms with Gasteiger partial charge in [0.05, 0.1) is 21.3 Å². The summed E-state index contributed by atoms with van der Waals surface area (Å²) in [6.07, 6.45) is 1.39. The van der Waals surface area contributed by atoms with Gasteiger partial charge in [-0.05, 0) is 43.2 Å². The summed E-state index contributed by atoms with van der Waals surface area (Å²) in [6, 6.07) is 10.7. The third kappa shape index (κ3) is 4.19. The fourth-order valence-corrected chi connectivity index (χ4v) is 5.49. The molecule has 1 aliphatic heterocycles. The standard InChI is InChI=1S/C16H17N3O6S2/c20-19(21)15-4-3-5-16(12-15)27(24,25)17-13-6-8-14(9-7-13)18-10-1-2-11-26(18,22)23/h3-9,12,17H,1-2,10-11H2. The predicted molar refractivity (Wildman–Crippen MR) is 101 cm³/mol. The Bertz CT molecular complexity index is 1070. The third-order valence-electron chi connectivity index (χ3n) is 4.10. The molecule has 0 spiro atoms. The van der Waals surface area contributed by atoms with Gasteiger partial charge in [0.25, 0.3) is 15.7 Å². The Morgan fingerprint density at radius 1 is 1.07 bits per heavy atom. The Hall–Kier alpha value is -2.66. The molecule has 1 fully saturated rings. The van der Waals surface area contributed by atoms with Gasteiger partial charge in [0.1, 0.15) is 0 Å². The number of nitro groups is 1. The largest absolute Gasteiger partial charge is 0.280 e. The second-order valence-electron chi connectivity index (χ2n) is 6.00. The van der Waals surface area contributed by atoms with Crippen LogP contribution in [0.2, 0.25) is 0 Å². The third-order valence-corrected chi connectivity index (χ3v) is 7.34. The van der Waals surface area contributed by atoms with Crippen LogP contribution in [0.4, 0.5) is 17.1 Å². The fourth-order valence-electron chi connectivity index (χ4n) is 2.75. The quantitative estimate of drug-likeness (QED) is 0.594. The van der Waals surface area contributed by atoms with E-state index in [1.807, 2.05) is 0 Å². The second kappa shape index (κ2) is 7.16. The maximum absolute atomic E-state index is 12.4. The van der Waals surface area contributed by atoms with Gasteiger partial charge in [0, 0.05) is 24.4 Å². The van der Waals surface area contributed by atoms with Crippen molar-refractivity contribution in [1.29, 1.82) is 0 Å². The second-order valence-corrected chi connectivity index (χ2v) is 9.70. The molecule has 11 heteroatoms. The minimum absolute atomic E-state index is 0.0914. The topological polar surface area (TPSA) is 127 Å². The summed E-state index contributed by atoms with van der Waals surface area (Å²) >= 11 is 0. The molecule has 1 saturated heterocycles. The maximum atomic E-state index is 12.4. The Balaban J connectivity index is 1.82. The van der Waals surface area contributed by atoms with Crippen molar-refractivity contribution in [3.05, 3.63) is 58.6 Å². The number of benzene rings is 2. The van der Waals surface area contributed by atoms with E-state index in [1.54, 1.807) is 0 Å². The number of nitro benzene ring substituents is 1. The van der Waals surface area contributed by atoms with Crippen molar-refractivity contribution >= 4 is 37.1 Å². The minimum atomic E-state index is -4.02. The van der Waals surface area contributed by atoms with Crippen molar-refractivity contribution in [2.45, 2.75) is 17.7 Å². The lowest BCUT2D eigenvalue weighted by Crippen LogP contribution is -2.37. The van der Waals surface area contributed by atoms with Gasteiger partial charge in [-0.2, -0.15) is 0 Å². The molecule has 0 radical (unpaired) electrons. The number of sulfonamides is 2. The lowest BCUT2D eigenvalue weighted by atomic mass is 10.2. The van der Waals surface area contributed by atoms with E-state index in [1.165, 1.54) is 46.8 Å². The highest BCUT2D eigenvalue weighted by atomic mass is 32.2. The summed E-state index contributed by atoms with van der Waals surface area (Å²) < 4.78 is 52.8. The molecule has 0 atom stereocenters. The molecule has 1 aliphatic rings. The Morgan fingerprint density at radius 2 is 1.78 bits per heavy atom. The highest BCUT2D eigenvalue weighted by Crippen LogP contribution is 2.26. The first kappa shape index (κ1) is 19.1. The first-order valence-electron chi connectivity index (χ1n) is 8.07. The van der Waals surface area contributed by atoms with Gasteiger partial charge in [-0.1, -0.05) is 6.07 Å². The minimum Gasteiger partial charge on any atom is -0.280 e. The highest BCUT2D eigenvalue weighted by Gasteiger charge is 2.26. The van der Waals surface area contributed by atoms with Crippen molar-refractivity contribution in [3.63, 3.8) is 0 Å². The average Bonchev–Trinajstić information content (AvgIpc) is 2.62. The molecule has 0 unspecified atom stereocenters. The van der Waals surface area contributed by atoms with Gasteiger partial charge in [-0.25, -0.2) is 16.8 Å². The smallest absolute Gasteiger partial charge is 0.270 e. The number of rotatable bonds is 5. The van der Waals surface area contributed by atoms with Crippen LogP contribution < -0.4 is 9.03 Å². The lowest BCUT2D eigenvalue weighted by molar-refractivity contribution is -0.385. The maximum Gasteiger partial charge on any atom is 0.270 e. The number of nitrogens with one attached hydrogen (secondary N) is 1. The van der Waals surface area contributed by atoms with Gasteiger partial charge in [-0.3, -0.25) is 19.1 Å². The van der Waals surface area contributed by atoms with Crippen molar-refractivity contribution in [3.8, 4) is 0 Å². The van der Waals surface area contributed by atoms with E-state index in [2.05, 4.69) is 4.72 Å². The van der Waals surface area contributed by atoms with E-state index in [0.717, 1.165) is 12.5 Å². The van der Waals surface area contributed by atoms with Crippen LogP contribution in [0.25, 0.3) is 0 Å². The van der Waals surface area contributed by atoms with Gasteiger partial charge in [0.2, 0.25) is 10.0 Å². The molecule has 144 valence electrons. The van der Waals surface area contributed by atoms with Crippen LogP contribution >= 0.6 is 0 Å². The van der Waals surface area contributed by atoms with Crippen molar-refractivity contribution in [2.75, 3.05) is 21.3 Å². The van der Waals surface area contributed by atoms with Crippen LogP contribution in [-0.4, -0.2) is 34.1 Å². The van der Waals surface area contributed by atoms with Crippen molar-refractivity contribution in [1.82, 2.24) is 0 Å². The number of non-ortho nitro benzene ring substituents is 1. The predicted octanol–water partition coefficient (Wildman–Crippen LogP) is 2.33. The Kier molecular flexibility index (Phi) is 5.07. The molecular weight excluding hydrogens is 394 g/mol. The zero-order valence-corrected chi connectivity index (χ0v) is 15.7. The van der Waals surface area contributed by atoms with Crippen LogP contribution in [0.15, 0.2) is 53.4 Å². The average molecular weight is 411 g/mol. The first-order chi connectivity index (χ1) is 12.7. The van der Waals surface area contributed by atoms with E-state index in [0.29, 0.717) is 18.7 Å². The van der Waals surface area contributed by atoms with Crippen LogP contribution in [0.3, 0.4) is 0 Å². The van der Waals surface area contributed by atoms with Crippen molar-refractivity contribution < 1.29 is 21.8 Å². The molecule has 0 amide bonds. The summed E-state index contributed by atoms with van der Waals surface area (Å²) in [6.45, 7) is 0.390. The van der Waals surface area contributed by atoms with E-state index in [4.69, 9.17) is 0 Å². The molecule has 0 aromatic heterocycles. The summed E-state index contributed by atoms with van der Waals surface area (Å²) in [5.41, 5.74) is 0.358. The molecule has 0 saturated carbocycles. The Labute approximate surface area is 156 Å². The normalized spacial score (nSPS) is 16.7. The fraction of sp³-hybridized carbons (Fsp3) is 0.250. The van der Waals surface area contributed by atoms with Crippen LogP contribution in [0.1, 0.15) is 12.8 Å². The summed E-state index contributed by atoms with van der Waals surface area (Å²) in [4.78, 5) is 9.90. The van der Waals surface area contributed by atoms with Gasteiger partial charge in [0.15, 0.2) is 0 Å². The summed E-state index contributed by atoms with van der Waals surface area (Å²) in [5, 5.41) is 10.8. The number of nitrogens with zero attached hydrogens (tertiary/aromatic N) is 2. The highest BCUT2D eigenvalue weighted by molar-refractivity contribution is 7.93. The molecule has 1 heterocycles. The molecule has 27 heavy (non-hydrogen) atoms. The SMILES string of the molecule is O=[N+]([O-])c1cccc(S(=O)(=O)Nc2ccc(N3CCCCS3(=O)=O)cc2)c1. The van der Waals surface area contributed by atoms with E-state index < -0.39 is 25.0 Å².